The Morgan fingerprint density at radius 3 is 2.30 bits per heavy atom. The van der Waals surface area contributed by atoms with Gasteiger partial charge in [-0.2, -0.15) is 0 Å². The van der Waals surface area contributed by atoms with Crippen LogP contribution in [0.25, 0.3) is 0 Å². The lowest BCUT2D eigenvalue weighted by Gasteiger charge is -2.19. The van der Waals surface area contributed by atoms with Crippen molar-refractivity contribution in [1.82, 2.24) is 0 Å². The summed E-state index contributed by atoms with van der Waals surface area (Å²) >= 11 is 0. The standard InChI is InChI=1S/C22H28O5/c1-3-14-5-7-15(8-6-14)10-17-11-16(9-4-13(17)2)21-19(25)20(26)22(27-21)18(24)12-23/h4-9,11,18-26H,3,10,12H2,1-2H3/t18-,19+,20+,21-,22+/m0/s1. The van der Waals surface area contributed by atoms with E-state index in [0.717, 1.165) is 29.5 Å². The molecule has 1 aliphatic rings. The van der Waals surface area contributed by atoms with Crippen molar-refractivity contribution in [2.75, 3.05) is 6.61 Å². The molecule has 5 heteroatoms. The molecule has 27 heavy (non-hydrogen) atoms. The highest BCUT2D eigenvalue weighted by molar-refractivity contribution is 5.37. The zero-order chi connectivity index (χ0) is 19.6. The zero-order valence-corrected chi connectivity index (χ0v) is 15.7. The van der Waals surface area contributed by atoms with E-state index in [4.69, 9.17) is 9.84 Å². The van der Waals surface area contributed by atoms with Crippen molar-refractivity contribution in [1.29, 1.82) is 0 Å². The normalized spacial score (nSPS) is 26.3. The molecule has 1 heterocycles. The van der Waals surface area contributed by atoms with E-state index in [0.29, 0.717) is 0 Å². The van der Waals surface area contributed by atoms with Crippen molar-refractivity contribution in [2.45, 2.75) is 57.2 Å². The third-order valence-corrected chi connectivity index (χ3v) is 5.39. The highest BCUT2D eigenvalue weighted by atomic mass is 16.6. The third-order valence-electron chi connectivity index (χ3n) is 5.39. The quantitative estimate of drug-likeness (QED) is 0.619. The van der Waals surface area contributed by atoms with Gasteiger partial charge in [-0.15, -0.1) is 0 Å². The van der Waals surface area contributed by atoms with Crippen LogP contribution in [0.2, 0.25) is 0 Å². The van der Waals surface area contributed by atoms with Crippen LogP contribution in [-0.4, -0.2) is 51.4 Å². The van der Waals surface area contributed by atoms with Crippen LogP contribution in [0.4, 0.5) is 0 Å². The van der Waals surface area contributed by atoms with Crippen LogP contribution in [0, 0.1) is 6.92 Å². The average Bonchev–Trinajstić information content (AvgIpc) is 2.98. The summed E-state index contributed by atoms with van der Waals surface area (Å²) < 4.78 is 5.69. The average molecular weight is 372 g/mol. The first-order chi connectivity index (χ1) is 12.9. The fourth-order valence-corrected chi connectivity index (χ4v) is 3.57. The summed E-state index contributed by atoms with van der Waals surface area (Å²) in [6, 6.07) is 14.4. The fraction of sp³-hybridized carbons (Fsp3) is 0.455. The summed E-state index contributed by atoms with van der Waals surface area (Å²) in [5.74, 6) is 0. The van der Waals surface area contributed by atoms with Crippen LogP contribution in [0.1, 0.15) is 40.8 Å². The molecule has 0 amide bonds. The minimum atomic E-state index is -1.25. The smallest absolute Gasteiger partial charge is 0.115 e. The van der Waals surface area contributed by atoms with Gasteiger partial charge in [-0.05, 0) is 47.6 Å². The topological polar surface area (TPSA) is 90.2 Å². The molecule has 5 atom stereocenters. The molecule has 1 fully saturated rings. The van der Waals surface area contributed by atoms with Crippen LogP contribution >= 0.6 is 0 Å². The molecule has 2 aromatic rings. The van der Waals surface area contributed by atoms with Crippen molar-refractivity contribution < 1.29 is 25.2 Å². The van der Waals surface area contributed by atoms with Crippen LogP contribution in [0.5, 0.6) is 0 Å². The highest BCUT2D eigenvalue weighted by Gasteiger charge is 2.46. The number of rotatable bonds is 6. The second kappa shape index (κ2) is 8.50. The maximum absolute atomic E-state index is 10.4. The van der Waals surface area contributed by atoms with Crippen molar-refractivity contribution in [3.05, 3.63) is 70.3 Å². The number of hydrogen-bond acceptors (Lipinski definition) is 5. The molecule has 2 aromatic carbocycles. The Hall–Kier alpha value is -1.76. The van der Waals surface area contributed by atoms with E-state index in [1.165, 1.54) is 11.1 Å². The molecule has 1 aliphatic heterocycles. The van der Waals surface area contributed by atoms with E-state index in [1.807, 2.05) is 25.1 Å². The van der Waals surface area contributed by atoms with E-state index >= 15 is 0 Å². The van der Waals surface area contributed by atoms with E-state index in [2.05, 4.69) is 31.2 Å². The molecule has 146 valence electrons. The highest BCUT2D eigenvalue weighted by Crippen LogP contribution is 2.35. The summed E-state index contributed by atoms with van der Waals surface area (Å²) in [5, 5.41) is 39.4. The Morgan fingerprint density at radius 1 is 1.00 bits per heavy atom. The minimum absolute atomic E-state index is 0.534. The first-order valence-corrected chi connectivity index (χ1v) is 9.42. The van der Waals surface area contributed by atoms with Gasteiger partial charge in [-0.1, -0.05) is 49.4 Å². The van der Waals surface area contributed by atoms with Crippen LogP contribution in [0.3, 0.4) is 0 Å². The Labute approximate surface area is 159 Å². The van der Waals surface area contributed by atoms with E-state index in [9.17, 15) is 15.3 Å². The number of ether oxygens (including phenoxy) is 1. The molecule has 1 saturated heterocycles. The monoisotopic (exact) mass is 372 g/mol. The first-order valence-electron chi connectivity index (χ1n) is 9.42. The molecule has 0 saturated carbocycles. The van der Waals surface area contributed by atoms with E-state index in [1.54, 1.807) is 0 Å². The number of aliphatic hydroxyl groups is 4. The molecule has 3 rings (SSSR count). The van der Waals surface area contributed by atoms with Gasteiger partial charge in [-0.25, -0.2) is 0 Å². The molecular weight excluding hydrogens is 344 g/mol. The molecule has 0 bridgehead atoms. The lowest BCUT2D eigenvalue weighted by molar-refractivity contribution is -0.0820. The SMILES string of the molecule is CCc1ccc(Cc2cc([C@@H]3O[C@H]([C@@H](O)CO)[C@H](O)[C@H]3O)ccc2C)cc1. The van der Waals surface area contributed by atoms with Gasteiger partial charge >= 0.3 is 0 Å². The molecule has 4 N–H and O–H groups in total. The number of hydrogen-bond donors (Lipinski definition) is 4. The minimum Gasteiger partial charge on any atom is -0.394 e. The number of aliphatic hydroxyl groups excluding tert-OH is 4. The van der Waals surface area contributed by atoms with Gasteiger partial charge in [-0.3, -0.25) is 0 Å². The number of benzene rings is 2. The van der Waals surface area contributed by atoms with Gasteiger partial charge in [0.1, 0.15) is 30.5 Å². The largest absolute Gasteiger partial charge is 0.394 e. The Bertz CT molecular complexity index is 758. The molecule has 0 radical (unpaired) electrons. The maximum Gasteiger partial charge on any atom is 0.115 e. The van der Waals surface area contributed by atoms with Gasteiger partial charge < -0.3 is 25.2 Å². The van der Waals surface area contributed by atoms with Crippen LogP contribution < -0.4 is 0 Å². The fourth-order valence-electron chi connectivity index (χ4n) is 3.57. The first kappa shape index (κ1) is 20.0. The summed E-state index contributed by atoms with van der Waals surface area (Å²) in [4.78, 5) is 0. The molecular formula is C22H28O5. The lowest BCUT2D eigenvalue weighted by atomic mass is 9.94. The molecule has 0 aromatic heterocycles. The molecule has 0 unspecified atom stereocenters. The van der Waals surface area contributed by atoms with Crippen LogP contribution in [-0.2, 0) is 17.6 Å². The maximum atomic E-state index is 10.4. The van der Waals surface area contributed by atoms with Gasteiger partial charge in [0.2, 0.25) is 0 Å². The van der Waals surface area contributed by atoms with Crippen molar-refractivity contribution in [2.24, 2.45) is 0 Å². The second-order valence-electron chi connectivity index (χ2n) is 7.29. The third kappa shape index (κ3) is 4.23. The molecule has 0 aliphatic carbocycles. The predicted octanol–water partition coefficient (Wildman–Crippen LogP) is 1.66. The summed E-state index contributed by atoms with van der Waals surface area (Å²) in [5.41, 5.74) is 5.51. The van der Waals surface area contributed by atoms with Gasteiger partial charge in [0.15, 0.2) is 0 Å². The van der Waals surface area contributed by atoms with Gasteiger partial charge in [0.25, 0.3) is 0 Å². The Kier molecular flexibility index (Phi) is 6.29. The van der Waals surface area contributed by atoms with E-state index < -0.39 is 37.1 Å². The van der Waals surface area contributed by atoms with Crippen molar-refractivity contribution in [3.8, 4) is 0 Å². The van der Waals surface area contributed by atoms with E-state index in [-0.39, 0.29) is 0 Å². The van der Waals surface area contributed by atoms with Crippen molar-refractivity contribution in [3.63, 3.8) is 0 Å². The van der Waals surface area contributed by atoms with Gasteiger partial charge in [0, 0.05) is 0 Å². The van der Waals surface area contributed by atoms with Crippen molar-refractivity contribution >= 4 is 0 Å². The molecule has 5 nitrogen and oxygen atoms in total. The van der Waals surface area contributed by atoms with Crippen LogP contribution in [0.15, 0.2) is 42.5 Å². The predicted molar refractivity (Wildman–Crippen MR) is 103 cm³/mol. The number of aryl methyl sites for hydroxylation is 2. The summed E-state index contributed by atoms with van der Waals surface area (Å²) in [7, 11) is 0. The molecule has 0 spiro atoms. The zero-order valence-electron chi connectivity index (χ0n) is 15.7. The Morgan fingerprint density at radius 2 is 1.67 bits per heavy atom. The van der Waals surface area contributed by atoms with Gasteiger partial charge in [0.05, 0.1) is 6.61 Å². The second-order valence-corrected chi connectivity index (χ2v) is 7.29. The summed E-state index contributed by atoms with van der Waals surface area (Å²) in [6.45, 7) is 3.64. The Balaban J connectivity index is 1.82. The summed E-state index contributed by atoms with van der Waals surface area (Å²) in [6.07, 6.45) is -3.62. The lowest BCUT2D eigenvalue weighted by Crippen LogP contribution is -2.40.